The molecule has 0 saturated carbocycles. The van der Waals surface area contributed by atoms with Gasteiger partial charge in [0, 0.05) is 17.2 Å². The molecule has 0 fully saturated rings. The third-order valence-electron chi connectivity index (χ3n) is 3.73. The van der Waals surface area contributed by atoms with Crippen molar-refractivity contribution in [1.82, 2.24) is 15.1 Å². The minimum atomic E-state index is -0.852. The second kappa shape index (κ2) is 9.86. The number of nitrogens with one attached hydrogen (secondary N) is 2. The lowest BCUT2D eigenvalue weighted by molar-refractivity contribution is -0.142. The third kappa shape index (κ3) is 6.21. The Morgan fingerprint density at radius 2 is 1.93 bits per heavy atom. The van der Waals surface area contributed by atoms with Crippen LogP contribution in [0.5, 0.6) is 0 Å². The zero-order valence-corrected chi connectivity index (χ0v) is 16.7. The molecule has 8 nitrogen and oxygen atoms in total. The van der Waals surface area contributed by atoms with Gasteiger partial charge in [-0.2, -0.15) is 5.10 Å². The molecular weight excluding hydrogens is 416 g/mol. The fraction of sp³-hybridized carbons (Fsp3) is 0.333. The van der Waals surface area contributed by atoms with Crippen molar-refractivity contribution < 1.29 is 19.1 Å². The molecule has 0 aliphatic carbocycles. The first-order valence-electron chi connectivity index (χ1n) is 8.39. The Balaban J connectivity index is 2.05. The minimum absolute atomic E-state index is 0.0917. The lowest BCUT2D eigenvalue weighted by Crippen LogP contribution is -2.38. The van der Waals surface area contributed by atoms with Crippen LogP contribution in [0.3, 0.4) is 0 Å². The molecule has 1 heterocycles. The Morgan fingerprint density at radius 3 is 2.56 bits per heavy atom. The number of hydrogen-bond acceptors (Lipinski definition) is 5. The largest absolute Gasteiger partial charge is 0.469 e. The summed E-state index contributed by atoms with van der Waals surface area (Å²) in [5.41, 5.74) is 1.11. The van der Waals surface area contributed by atoms with Crippen LogP contribution in [0.4, 0.5) is 5.69 Å². The molecule has 9 heteroatoms. The van der Waals surface area contributed by atoms with E-state index in [2.05, 4.69) is 36.4 Å². The number of methoxy groups -OCH3 is 1. The molecule has 0 radical (unpaired) electrons. The predicted octanol–water partition coefficient (Wildman–Crippen LogP) is 2.41. The van der Waals surface area contributed by atoms with Crippen LogP contribution in [-0.2, 0) is 25.7 Å². The van der Waals surface area contributed by atoms with Crippen LogP contribution in [-0.4, -0.2) is 34.7 Å². The molecule has 2 rings (SSSR count). The molecule has 0 spiro atoms. The summed E-state index contributed by atoms with van der Waals surface area (Å²) in [5, 5.41) is 9.16. The van der Waals surface area contributed by atoms with E-state index in [1.54, 1.807) is 35.1 Å². The molecule has 0 unspecified atom stereocenters. The molecule has 2 amide bonds. The van der Waals surface area contributed by atoms with Gasteiger partial charge in [0.2, 0.25) is 0 Å². The molecule has 2 N–H and O–H groups in total. The lowest BCUT2D eigenvalue weighted by Gasteiger charge is -2.18. The van der Waals surface area contributed by atoms with Crippen molar-refractivity contribution in [2.75, 3.05) is 12.4 Å². The van der Waals surface area contributed by atoms with E-state index in [1.165, 1.54) is 13.3 Å². The Bertz CT molecular complexity index is 804. The number of carbonyl (C=O) groups excluding carboxylic acids is 3. The molecule has 2 aromatic rings. The Morgan fingerprint density at radius 1 is 1.22 bits per heavy atom. The number of amides is 2. The molecule has 1 aromatic carbocycles. The zero-order chi connectivity index (χ0) is 19.8. The smallest absolute Gasteiger partial charge is 0.313 e. The summed E-state index contributed by atoms with van der Waals surface area (Å²) in [6.45, 7) is 2.73. The molecule has 144 valence electrons. The molecule has 1 atom stereocenters. The van der Waals surface area contributed by atoms with Crippen molar-refractivity contribution in [3.8, 4) is 0 Å². The van der Waals surface area contributed by atoms with E-state index in [1.807, 2.05) is 6.92 Å². The molecule has 0 aliphatic rings. The van der Waals surface area contributed by atoms with E-state index in [9.17, 15) is 14.4 Å². The number of hydrogen-bond donors (Lipinski definition) is 2. The molecule has 0 saturated heterocycles. The zero-order valence-electron chi connectivity index (χ0n) is 15.1. The van der Waals surface area contributed by atoms with E-state index in [-0.39, 0.29) is 6.42 Å². The number of esters is 1. The Kier molecular flexibility index (Phi) is 7.54. The van der Waals surface area contributed by atoms with Crippen molar-refractivity contribution in [2.24, 2.45) is 0 Å². The monoisotopic (exact) mass is 436 g/mol. The summed E-state index contributed by atoms with van der Waals surface area (Å²) in [6.07, 6.45) is 3.93. The van der Waals surface area contributed by atoms with Crippen LogP contribution < -0.4 is 10.6 Å². The van der Waals surface area contributed by atoms with Crippen molar-refractivity contribution in [2.45, 2.75) is 32.4 Å². The van der Waals surface area contributed by atoms with Gasteiger partial charge in [-0.05, 0) is 24.1 Å². The minimum Gasteiger partial charge on any atom is -0.469 e. The van der Waals surface area contributed by atoms with Crippen molar-refractivity contribution in [3.63, 3.8) is 0 Å². The van der Waals surface area contributed by atoms with E-state index in [4.69, 9.17) is 0 Å². The number of benzene rings is 1. The van der Waals surface area contributed by atoms with Crippen LogP contribution in [0.1, 0.15) is 31.4 Å². The normalized spacial score (nSPS) is 11.5. The standard InChI is InChI=1S/C18H21BrN4O4/c1-3-8-23-11-14(10-20-23)21-17(25)18(26)22-15(9-16(24)27-2)12-4-6-13(19)7-5-12/h4-7,10-11,15H,3,8-9H2,1-2H3,(H,21,25)(H,22,26)/t15-/m1/s1. The summed E-state index contributed by atoms with van der Waals surface area (Å²) >= 11 is 3.33. The van der Waals surface area contributed by atoms with Crippen LogP contribution in [0.15, 0.2) is 41.1 Å². The number of aryl methyl sites for hydroxylation is 1. The van der Waals surface area contributed by atoms with E-state index in [0.29, 0.717) is 17.8 Å². The highest BCUT2D eigenvalue weighted by Gasteiger charge is 2.23. The van der Waals surface area contributed by atoms with Gasteiger partial charge in [0.15, 0.2) is 0 Å². The van der Waals surface area contributed by atoms with Crippen molar-refractivity contribution in [1.29, 1.82) is 0 Å². The molecule has 0 bridgehead atoms. The number of carbonyl (C=O) groups is 3. The summed E-state index contributed by atoms with van der Waals surface area (Å²) in [4.78, 5) is 36.1. The average molecular weight is 437 g/mol. The topological polar surface area (TPSA) is 102 Å². The summed E-state index contributed by atoms with van der Waals surface area (Å²) < 4.78 is 7.21. The molecular formula is C18H21BrN4O4. The number of ether oxygens (including phenoxy) is 1. The predicted molar refractivity (Wildman–Crippen MR) is 103 cm³/mol. The first-order valence-corrected chi connectivity index (χ1v) is 9.18. The maximum Gasteiger partial charge on any atom is 0.313 e. The van der Waals surface area contributed by atoms with Gasteiger partial charge >= 0.3 is 17.8 Å². The first-order chi connectivity index (χ1) is 12.9. The summed E-state index contributed by atoms with van der Waals surface area (Å²) in [7, 11) is 1.27. The maximum absolute atomic E-state index is 12.3. The number of halogens is 1. The van der Waals surface area contributed by atoms with Gasteiger partial charge < -0.3 is 15.4 Å². The fourth-order valence-electron chi connectivity index (χ4n) is 2.39. The van der Waals surface area contributed by atoms with Gasteiger partial charge in [-0.25, -0.2) is 0 Å². The average Bonchev–Trinajstić information content (AvgIpc) is 3.08. The van der Waals surface area contributed by atoms with Crippen LogP contribution >= 0.6 is 15.9 Å². The van der Waals surface area contributed by atoms with Crippen molar-refractivity contribution >= 4 is 39.4 Å². The number of nitrogens with zero attached hydrogens (tertiary/aromatic N) is 2. The Labute approximate surface area is 165 Å². The van der Waals surface area contributed by atoms with Gasteiger partial charge in [-0.1, -0.05) is 35.0 Å². The molecule has 1 aromatic heterocycles. The van der Waals surface area contributed by atoms with E-state index in [0.717, 1.165) is 10.9 Å². The lowest BCUT2D eigenvalue weighted by atomic mass is 10.0. The van der Waals surface area contributed by atoms with Gasteiger partial charge in [-0.3, -0.25) is 19.1 Å². The second-order valence-corrected chi connectivity index (χ2v) is 6.72. The second-order valence-electron chi connectivity index (χ2n) is 5.80. The number of aromatic nitrogens is 2. The van der Waals surface area contributed by atoms with Crippen molar-refractivity contribution in [3.05, 3.63) is 46.7 Å². The van der Waals surface area contributed by atoms with E-state index >= 15 is 0 Å². The van der Waals surface area contributed by atoms with Gasteiger partial charge in [-0.15, -0.1) is 0 Å². The van der Waals surface area contributed by atoms with Crippen LogP contribution in [0.2, 0.25) is 0 Å². The maximum atomic E-state index is 12.3. The molecule has 27 heavy (non-hydrogen) atoms. The van der Waals surface area contributed by atoms with Gasteiger partial charge in [0.1, 0.15) is 0 Å². The van der Waals surface area contributed by atoms with Gasteiger partial charge in [0.05, 0.1) is 31.5 Å². The third-order valence-corrected chi connectivity index (χ3v) is 4.25. The van der Waals surface area contributed by atoms with Crippen LogP contribution in [0.25, 0.3) is 0 Å². The number of rotatable bonds is 7. The fourth-order valence-corrected chi connectivity index (χ4v) is 2.65. The van der Waals surface area contributed by atoms with Gasteiger partial charge in [0.25, 0.3) is 0 Å². The highest BCUT2D eigenvalue weighted by atomic mass is 79.9. The highest BCUT2D eigenvalue weighted by molar-refractivity contribution is 9.10. The summed E-state index contributed by atoms with van der Waals surface area (Å²) in [6, 6.07) is 6.39. The van der Waals surface area contributed by atoms with Crippen LogP contribution in [0, 0.1) is 0 Å². The highest BCUT2D eigenvalue weighted by Crippen LogP contribution is 2.20. The first kappa shape index (κ1) is 20.6. The summed E-state index contributed by atoms with van der Waals surface area (Å²) in [5.74, 6) is -2.18. The SMILES string of the molecule is CCCn1cc(NC(=O)C(=O)N[C@H](CC(=O)OC)c2ccc(Br)cc2)cn1. The molecule has 0 aliphatic heterocycles. The number of anilines is 1. The van der Waals surface area contributed by atoms with E-state index < -0.39 is 23.8 Å². The quantitative estimate of drug-likeness (QED) is 0.512. The Hall–Kier alpha value is -2.68.